The summed E-state index contributed by atoms with van der Waals surface area (Å²) < 4.78 is 23.1. The van der Waals surface area contributed by atoms with Gasteiger partial charge in [-0.3, -0.25) is 0 Å². The van der Waals surface area contributed by atoms with E-state index < -0.39 is 9.84 Å². The number of sulfone groups is 1. The summed E-state index contributed by atoms with van der Waals surface area (Å²) in [5, 5.41) is 2.72. The number of hydrogen-bond acceptors (Lipinski definition) is 3. The zero-order valence-electron chi connectivity index (χ0n) is 10.9. The van der Waals surface area contributed by atoms with E-state index in [2.05, 4.69) is 11.4 Å². The highest BCUT2D eigenvalue weighted by molar-refractivity contribution is 7.91. The Labute approximate surface area is 104 Å². The summed E-state index contributed by atoms with van der Waals surface area (Å²) in [6.45, 7) is 3.80. The van der Waals surface area contributed by atoms with Gasteiger partial charge in [-0.15, -0.1) is 0 Å². The van der Waals surface area contributed by atoms with Crippen molar-refractivity contribution in [2.24, 2.45) is 0 Å². The molecule has 0 amide bonds. The van der Waals surface area contributed by atoms with Gasteiger partial charge in [-0.25, -0.2) is 8.42 Å². The van der Waals surface area contributed by atoms with Crippen LogP contribution in [0.5, 0.6) is 0 Å². The van der Waals surface area contributed by atoms with Crippen LogP contribution in [-0.2, 0) is 16.3 Å². The molecule has 0 bridgehead atoms. The molecular formula is C13H21NO2S. The lowest BCUT2D eigenvalue weighted by Gasteiger charge is -2.22. The van der Waals surface area contributed by atoms with Gasteiger partial charge >= 0.3 is 0 Å². The van der Waals surface area contributed by atoms with E-state index in [1.807, 2.05) is 32.2 Å². The van der Waals surface area contributed by atoms with Crippen LogP contribution in [0.25, 0.3) is 0 Å². The maximum atomic E-state index is 11.5. The van der Waals surface area contributed by atoms with Crippen molar-refractivity contribution in [3.63, 3.8) is 0 Å². The molecule has 0 saturated carbocycles. The molecule has 17 heavy (non-hydrogen) atoms. The zero-order chi connectivity index (χ0) is 13.1. The fraction of sp³-hybridized carbons (Fsp3) is 0.538. The van der Waals surface area contributed by atoms with Crippen LogP contribution >= 0.6 is 0 Å². The van der Waals surface area contributed by atoms with E-state index in [1.165, 1.54) is 17.4 Å². The molecule has 0 heterocycles. The minimum Gasteiger partial charge on any atom is -0.315 e. The van der Waals surface area contributed by atoms with Crippen molar-refractivity contribution in [1.29, 1.82) is 0 Å². The highest BCUT2D eigenvalue weighted by Gasteiger charge is 2.24. The highest BCUT2D eigenvalue weighted by Crippen LogP contribution is 2.12. The standard InChI is InChI=1S/C13H21NO2S/c1-10-6-5-7-12(8-10)9-13(14-3)11(2)17(4,15)16/h5-8,11,13-14H,9H2,1-4H3. The van der Waals surface area contributed by atoms with Gasteiger partial charge in [0.15, 0.2) is 9.84 Å². The summed E-state index contributed by atoms with van der Waals surface area (Å²) in [7, 11) is -1.20. The molecule has 0 aliphatic carbocycles. The van der Waals surface area contributed by atoms with E-state index in [1.54, 1.807) is 6.92 Å². The van der Waals surface area contributed by atoms with E-state index in [9.17, 15) is 8.42 Å². The molecule has 2 atom stereocenters. The number of rotatable bonds is 5. The first kappa shape index (κ1) is 14.2. The van der Waals surface area contributed by atoms with Crippen LogP contribution in [-0.4, -0.2) is 33.0 Å². The van der Waals surface area contributed by atoms with E-state index >= 15 is 0 Å². The lowest BCUT2D eigenvalue weighted by Crippen LogP contribution is -2.41. The van der Waals surface area contributed by atoms with Crippen molar-refractivity contribution in [2.75, 3.05) is 13.3 Å². The zero-order valence-corrected chi connectivity index (χ0v) is 11.7. The second-order valence-corrected chi connectivity index (χ2v) is 7.03. The number of hydrogen-bond donors (Lipinski definition) is 1. The van der Waals surface area contributed by atoms with Gasteiger partial charge in [0.1, 0.15) is 0 Å². The van der Waals surface area contributed by atoms with Gasteiger partial charge in [0.05, 0.1) is 5.25 Å². The fourth-order valence-corrected chi connectivity index (χ4v) is 2.72. The molecule has 1 rings (SSSR count). The molecule has 1 aromatic rings. The topological polar surface area (TPSA) is 46.2 Å². The van der Waals surface area contributed by atoms with Gasteiger partial charge in [0.25, 0.3) is 0 Å². The molecule has 96 valence electrons. The van der Waals surface area contributed by atoms with Crippen LogP contribution < -0.4 is 5.32 Å². The van der Waals surface area contributed by atoms with Gasteiger partial charge in [-0.1, -0.05) is 29.8 Å². The summed E-state index contributed by atoms with van der Waals surface area (Å²) >= 11 is 0. The Kier molecular flexibility index (Phi) is 4.71. The average Bonchev–Trinajstić information content (AvgIpc) is 2.24. The predicted molar refractivity (Wildman–Crippen MR) is 72.0 cm³/mol. The Bertz CT molecular complexity index is 468. The van der Waals surface area contributed by atoms with Crippen molar-refractivity contribution < 1.29 is 8.42 Å². The Morgan fingerprint density at radius 3 is 2.47 bits per heavy atom. The van der Waals surface area contributed by atoms with Crippen LogP contribution in [0.15, 0.2) is 24.3 Å². The SMILES string of the molecule is CNC(Cc1cccc(C)c1)C(C)S(C)(=O)=O. The third kappa shape index (κ3) is 4.13. The molecule has 1 N–H and O–H groups in total. The van der Waals surface area contributed by atoms with Crippen molar-refractivity contribution in [2.45, 2.75) is 31.6 Å². The van der Waals surface area contributed by atoms with Gasteiger partial charge in [0.2, 0.25) is 0 Å². The van der Waals surface area contributed by atoms with Gasteiger partial charge < -0.3 is 5.32 Å². The Balaban J connectivity index is 2.84. The maximum Gasteiger partial charge on any atom is 0.151 e. The quantitative estimate of drug-likeness (QED) is 0.868. The van der Waals surface area contributed by atoms with Gasteiger partial charge in [-0.2, -0.15) is 0 Å². The third-order valence-electron chi connectivity index (χ3n) is 3.15. The molecule has 0 saturated heterocycles. The predicted octanol–water partition coefficient (Wildman–Crippen LogP) is 1.56. The number of likely N-dealkylation sites (N-methyl/N-ethyl adjacent to an activating group) is 1. The van der Waals surface area contributed by atoms with E-state index in [4.69, 9.17) is 0 Å². The molecule has 0 aliphatic rings. The Hall–Kier alpha value is -0.870. The van der Waals surface area contributed by atoms with Crippen LogP contribution in [0.2, 0.25) is 0 Å². The highest BCUT2D eigenvalue weighted by atomic mass is 32.2. The first-order valence-electron chi connectivity index (χ1n) is 5.76. The molecule has 0 radical (unpaired) electrons. The van der Waals surface area contributed by atoms with Crippen molar-refractivity contribution >= 4 is 9.84 Å². The van der Waals surface area contributed by atoms with E-state index in [0.717, 1.165) is 6.42 Å². The van der Waals surface area contributed by atoms with Gasteiger partial charge in [0, 0.05) is 12.3 Å². The lowest BCUT2D eigenvalue weighted by atomic mass is 10.0. The smallest absolute Gasteiger partial charge is 0.151 e. The van der Waals surface area contributed by atoms with Crippen molar-refractivity contribution in [3.05, 3.63) is 35.4 Å². The van der Waals surface area contributed by atoms with Crippen LogP contribution in [0, 0.1) is 6.92 Å². The normalized spacial score (nSPS) is 15.5. The maximum absolute atomic E-state index is 11.5. The molecule has 0 fully saturated rings. The largest absolute Gasteiger partial charge is 0.315 e. The van der Waals surface area contributed by atoms with Crippen molar-refractivity contribution in [3.8, 4) is 0 Å². The van der Waals surface area contributed by atoms with Crippen LogP contribution in [0.3, 0.4) is 0 Å². The first-order valence-corrected chi connectivity index (χ1v) is 7.71. The minimum atomic E-state index is -3.01. The molecule has 2 unspecified atom stereocenters. The summed E-state index contributed by atoms with van der Waals surface area (Å²) in [6.07, 6.45) is 2.02. The van der Waals surface area contributed by atoms with E-state index in [-0.39, 0.29) is 11.3 Å². The van der Waals surface area contributed by atoms with E-state index in [0.29, 0.717) is 0 Å². The molecular weight excluding hydrogens is 234 g/mol. The van der Waals surface area contributed by atoms with Crippen LogP contribution in [0.1, 0.15) is 18.1 Å². The second-order valence-electron chi connectivity index (χ2n) is 4.62. The summed E-state index contributed by atoms with van der Waals surface area (Å²) in [5.41, 5.74) is 2.37. The monoisotopic (exact) mass is 255 g/mol. The summed E-state index contributed by atoms with van der Waals surface area (Å²) in [4.78, 5) is 0. The number of benzene rings is 1. The Morgan fingerprint density at radius 2 is 2.00 bits per heavy atom. The molecule has 3 nitrogen and oxygen atoms in total. The van der Waals surface area contributed by atoms with Crippen LogP contribution in [0.4, 0.5) is 0 Å². The summed E-state index contributed by atoms with van der Waals surface area (Å²) in [5.74, 6) is 0. The first-order chi connectivity index (χ1) is 7.84. The molecule has 1 aromatic carbocycles. The molecule has 4 heteroatoms. The third-order valence-corrected chi connectivity index (χ3v) is 4.83. The number of nitrogens with one attached hydrogen (secondary N) is 1. The Morgan fingerprint density at radius 1 is 1.35 bits per heavy atom. The average molecular weight is 255 g/mol. The second kappa shape index (κ2) is 5.65. The molecule has 0 aromatic heterocycles. The van der Waals surface area contributed by atoms with Gasteiger partial charge in [-0.05, 0) is 32.9 Å². The number of aryl methyl sites for hydroxylation is 1. The fourth-order valence-electron chi connectivity index (χ4n) is 1.89. The molecule has 0 spiro atoms. The minimum absolute atomic E-state index is 0.0493. The summed E-state index contributed by atoms with van der Waals surface area (Å²) in [6, 6.07) is 8.12. The molecule has 0 aliphatic heterocycles. The lowest BCUT2D eigenvalue weighted by molar-refractivity contribution is 0.516. The van der Waals surface area contributed by atoms with Crippen molar-refractivity contribution in [1.82, 2.24) is 5.32 Å².